The highest BCUT2D eigenvalue weighted by Crippen LogP contribution is 2.39. The van der Waals surface area contributed by atoms with Crippen LogP contribution in [0.25, 0.3) is 6.08 Å². The molecule has 1 aromatic carbocycles. The number of nitrogens with one attached hydrogen (secondary N) is 1. The van der Waals surface area contributed by atoms with Crippen LogP contribution in [0.1, 0.15) is 56.5 Å². The molecule has 0 saturated carbocycles. The molecule has 0 unspecified atom stereocenters. The largest absolute Gasteiger partial charge is 0.462 e. The van der Waals surface area contributed by atoms with E-state index in [1.807, 2.05) is 0 Å². The maximum Gasteiger partial charge on any atom is 0.341 e. The third-order valence-corrected chi connectivity index (χ3v) is 8.03. The Morgan fingerprint density at radius 2 is 1.94 bits per heavy atom. The lowest BCUT2D eigenvalue weighted by atomic mass is 9.95. The molecule has 9 heteroatoms. The molecule has 1 fully saturated rings. The number of fused-ring (bicyclic) bond motifs is 1. The minimum atomic E-state index is -0.384. The number of nitrogens with zero attached hydrogens (tertiary/aromatic N) is 1. The van der Waals surface area contributed by atoms with Gasteiger partial charge in [-0.15, -0.1) is 11.3 Å². The Morgan fingerprint density at radius 1 is 1.22 bits per heavy atom. The normalized spacial score (nSPS) is 16.9. The smallest absolute Gasteiger partial charge is 0.341 e. The quantitative estimate of drug-likeness (QED) is 0.369. The van der Waals surface area contributed by atoms with Crippen LogP contribution >= 0.6 is 35.3 Å². The number of thiophene rings is 1. The van der Waals surface area contributed by atoms with Crippen molar-refractivity contribution in [3.63, 3.8) is 0 Å². The second kappa shape index (κ2) is 9.56. The van der Waals surface area contributed by atoms with Gasteiger partial charge in [0.15, 0.2) is 0 Å². The maximum atomic E-state index is 12.9. The van der Waals surface area contributed by atoms with Crippen molar-refractivity contribution in [1.29, 1.82) is 0 Å². The maximum absolute atomic E-state index is 12.9. The molecule has 2 heterocycles. The van der Waals surface area contributed by atoms with Crippen LogP contribution in [0.4, 0.5) is 5.00 Å². The van der Waals surface area contributed by atoms with Crippen molar-refractivity contribution in [2.75, 3.05) is 19.0 Å². The molecule has 1 aliphatic carbocycles. The highest BCUT2D eigenvalue weighted by molar-refractivity contribution is 8.26. The molecule has 0 bridgehead atoms. The van der Waals surface area contributed by atoms with Crippen molar-refractivity contribution in [1.82, 2.24) is 4.90 Å². The molecule has 1 aliphatic heterocycles. The van der Waals surface area contributed by atoms with Crippen LogP contribution in [-0.2, 0) is 22.4 Å². The molecule has 1 aromatic heterocycles. The molecule has 0 spiro atoms. The molecule has 0 radical (unpaired) electrons. The molecule has 166 valence electrons. The zero-order valence-corrected chi connectivity index (χ0v) is 20.2. The summed E-state index contributed by atoms with van der Waals surface area (Å²) in [7, 11) is 1.65. The number of thioether (sulfide) groups is 1. The van der Waals surface area contributed by atoms with Crippen molar-refractivity contribution in [3.05, 3.63) is 56.3 Å². The molecule has 2 aliphatic rings. The number of benzene rings is 1. The van der Waals surface area contributed by atoms with Gasteiger partial charge in [0.05, 0.1) is 17.1 Å². The summed E-state index contributed by atoms with van der Waals surface area (Å²) in [6, 6.07) is 6.96. The SMILES string of the molecule is CCOC(=O)c1c(NC(=O)c2ccc(/C=C3/SC(=S)N(C)C3=O)cc2)sc2c1CCCC2. The van der Waals surface area contributed by atoms with Gasteiger partial charge in [-0.1, -0.05) is 36.1 Å². The lowest BCUT2D eigenvalue weighted by Crippen LogP contribution is -2.22. The Labute approximate surface area is 200 Å². The summed E-state index contributed by atoms with van der Waals surface area (Å²) in [4.78, 5) is 40.8. The minimum Gasteiger partial charge on any atom is -0.462 e. The molecule has 1 N–H and O–H groups in total. The summed E-state index contributed by atoms with van der Waals surface area (Å²) in [5.41, 5.74) is 2.78. The number of hydrogen-bond acceptors (Lipinski definition) is 7. The van der Waals surface area contributed by atoms with E-state index in [2.05, 4.69) is 5.32 Å². The Morgan fingerprint density at radius 3 is 2.59 bits per heavy atom. The first-order chi connectivity index (χ1) is 15.4. The third kappa shape index (κ3) is 4.51. The van der Waals surface area contributed by atoms with E-state index in [9.17, 15) is 14.4 Å². The number of thiocarbonyl (C=S) groups is 1. The average molecular weight is 487 g/mol. The number of ether oxygens (including phenoxy) is 1. The molecule has 32 heavy (non-hydrogen) atoms. The Balaban J connectivity index is 1.54. The molecular weight excluding hydrogens is 464 g/mol. The van der Waals surface area contributed by atoms with Gasteiger partial charge in [-0.25, -0.2) is 4.79 Å². The van der Waals surface area contributed by atoms with E-state index in [1.54, 1.807) is 44.3 Å². The van der Waals surface area contributed by atoms with Crippen LogP contribution in [0.5, 0.6) is 0 Å². The minimum absolute atomic E-state index is 0.130. The van der Waals surface area contributed by atoms with E-state index in [4.69, 9.17) is 17.0 Å². The Hall–Kier alpha value is -2.49. The molecule has 0 atom stereocenters. The van der Waals surface area contributed by atoms with E-state index >= 15 is 0 Å². The van der Waals surface area contributed by atoms with Crippen molar-refractivity contribution in [2.45, 2.75) is 32.6 Å². The summed E-state index contributed by atoms with van der Waals surface area (Å²) in [5.74, 6) is -0.804. The lowest BCUT2D eigenvalue weighted by molar-refractivity contribution is -0.121. The summed E-state index contributed by atoms with van der Waals surface area (Å²) >= 11 is 7.87. The number of hydrogen-bond donors (Lipinski definition) is 1. The third-order valence-electron chi connectivity index (χ3n) is 5.34. The van der Waals surface area contributed by atoms with Gasteiger partial charge in [0, 0.05) is 17.5 Å². The molecule has 2 aromatic rings. The van der Waals surface area contributed by atoms with Gasteiger partial charge in [0.2, 0.25) is 0 Å². The number of anilines is 1. The summed E-state index contributed by atoms with van der Waals surface area (Å²) in [6.45, 7) is 2.06. The molecule has 2 amide bonds. The van der Waals surface area contributed by atoms with Crippen molar-refractivity contribution < 1.29 is 19.1 Å². The van der Waals surface area contributed by atoms with Crippen LogP contribution in [0.15, 0.2) is 29.2 Å². The summed E-state index contributed by atoms with van der Waals surface area (Å²) in [6.07, 6.45) is 5.62. The van der Waals surface area contributed by atoms with Gasteiger partial charge < -0.3 is 10.1 Å². The highest BCUT2D eigenvalue weighted by atomic mass is 32.2. The first kappa shape index (κ1) is 22.7. The van der Waals surface area contributed by atoms with Crippen molar-refractivity contribution in [2.24, 2.45) is 0 Å². The van der Waals surface area contributed by atoms with E-state index in [0.717, 1.165) is 41.7 Å². The fourth-order valence-corrected chi connectivity index (χ4v) is 6.13. The van der Waals surface area contributed by atoms with E-state index < -0.39 is 0 Å². The number of rotatable bonds is 5. The molecule has 1 saturated heterocycles. The molecule has 6 nitrogen and oxygen atoms in total. The van der Waals surface area contributed by atoms with E-state index in [-0.39, 0.29) is 24.4 Å². The Bertz CT molecular complexity index is 1130. The number of likely N-dealkylation sites (N-methyl/N-ethyl adjacent to an activating group) is 1. The second-order valence-electron chi connectivity index (χ2n) is 7.45. The first-order valence-corrected chi connectivity index (χ1v) is 12.4. The summed E-state index contributed by atoms with van der Waals surface area (Å²) in [5, 5.41) is 3.47. The fraction of sp³-hybridized carbons (Fsp3) is 0.304. The molecular formula is C23H22N2O4S3. The van der Waals surface area contributed by atoms with Crippen molar-refractivity contribution >= 4 is 68.5 Å². The van der Waals surface area contributed by atoms with Gasteiger partial charge in [-0.3, -0.25) is 14.5 Å². The highest BCUT2D eigenvalue weighted by Gasteiger charge is 2.29. The topological polar surface area (TPSA) is 75.7 Å². The predicted octanol–water partition coefficient (Wildman–Crippen LogP) is 4.89. The van der Waals surface area contributed by atoms with Crippen LogP contribution < -0.4 is 5.32 Å². The van der Waals surface area contributed by atoms with Gasteiger partial charge in [0.1, 0.15) is 9.32 Å². The van der Waals surface area contributed by atoms with Crippen LogP contribution in [0.3, 0.4) is 0 Å². The zero-order chi connectivity index (χ0) is 22.8. The average Bonchev–Trinajstić information content (AvgIpc) is 3.26. The van der Waals surface area contributed by atoms with Crippen LogP contribution in [-0.4, -0.2) is 40.7 Å². The predicted molar refractivity (Wildman–Crippen MR) is 132 cm³/mol. The number of amides is 2. The monoisotopic (exact) mass is 486 g/mol. The fourth-order valence-electron chi connectivity index (χ4n) is 3.68. The zero-order valence-electron chi connectivity index (χ0n) is 17.7. The van der Waals surface area contributed by atoms with Crippen LogP contribution in [0.2, 0.25) is 0 Å². The van der Waals surface area contributed by atoms with E-state index in [0.29, 0.717) is 25.4 Å². The number of carbonyl (C=O) groups is 3. The first-order valence-electron chi connectivity index (χ1n) is 10.3. The standard InChI is InChI=1S/C23H22N2O4S3/c1-3-29-22(28)18-15-6-4-5-7-16(15)31-20(18)24-19(26)14-10-8-13(9-11-14)12-17-21(27)25(2)23(30)32-17/h8-12H,3-7H2,1-2H3,(H,24,26)/b17-12+. The van der Waals surface area contributed by atoms with Crippen LogP contribution in [0, 0.1) is 0 Å². The summed E-state index contributed by atoms with van der Waals surface area (Å²) < 4.78 is 5.77. The van der Waals surface area contributed by atoms with Gasteiger partial charge >= 0.3 is 5.97 Å². The van der Waals surface area contributed by atoms with Gasteiger partial charge in [-0.05, 0) is 61.9 Å². The second-order valence-corrected chi connectivity index (χ2v) is 10.2. The molecule has 4 rings (SSSR count). The number of esters is 1. The van der Waals surface area contributed by atoms with Crippen molar-refractivity contribution in [3.8, 4) is 0 Å². The van der Waals surface area contributed by atoms with Gasteiger partial charge in [-0.2, -0.15) is 0 Å². The number of aryl methyl sites for hydroxylation is 1. The van der Waals surface area contributed by atoms with Gasteiger partial charge in [0.25, 0.3) is 11.8 Å². The Kier molecular flexibility index (Phi) is 6.78. The lowest BCUT2D eigenvalue weighted by Gasteiger charge is -2.12. The van der Waals surface area contributed by atoms with E-state index in [1.165, 1.54) is 28.0 Å². The number of carbonyl (C=O) groups excluding carboxylic acids is 3.